The second-order valence-electron chi connectivity index (χ2n) is 1.27. The van der Waals surface area contributed by atoms with E-state index in [1.54, 1.807) is 0 Å². The summed E-state index contributed by atoms with van der Waals surface area (Å²) in [5.74, 6) is 0. The molecule has 0 aromatic heterocycles. The van der Waals surface area contributed by atoms with Crippen molar-refractivity contribution in [2.24, 2.45) is 11.5 Å². The fourth-order valence-corrected chi connectivity index (χ4v) is 0.690. The molecule has 4 N–H and O–H groups in total. The average molecular weight is 249 g/mol. The monoisotopic (exact) mass is 248 g/mol. The van der Waals surface area contributed by atoms with Gasteiger partial charge in [0.25, 0.3) is 0 Å². The van der Waals surface area contributed by atoms with E-state index in [1.165, 1.54) is 0 Å². The number of rotatable bonds is 2. The molecule has 0 heterocycles. The van der Waals surface area contributed by atoms with Crippen LogP contribution in [-0.4, -0.2) is 11.0 Å². The van der Waals surface area contributed by atoms with E-state index in [0.717, 1.165) is 0 Å². The quantitative estimate of drug-likeness (QED) is 0.423. The third kappa shape index (κ3) is 10.2. The molecule has 0 aromatic carbocycles. The van der Waals surface area contributed by atoms with Crippen molar-refractivity contribution in [3.05, 3.63) is 0 Å². The van der Waals surface area contributed by atoms with E-state index in [9.17, 15) is 0 Å². The summed E-state index contributed by atoms with van der Waals surface area (Å²) in [6.45, 7) is 0. The van der Waals surface area contributed by atoms with Gasteiger partial charge in [0.15, 0.2) is 0 Å². The van der Waals surface area contributed by atoms with Crippen LogP contribution in [0, 0.1) is 0 Å². The molecular formula is C3H8Cl2N2Pd. The van der Waals surface area contributed by atoms with Crippen LogP contribution in [0.4, 0.5) is 0 Å². The first-order valence-corrected chi connectivity index (χ1v) is 2.79. The summed E-state index contributed by atoms with van der Waals surface area (Å²) >= 11 is 10.6. The van der Waals surface area contributed by atoms with Crippen LogP contribution in [0.5, 0.6) is 0 Å². The van der Waals surface area contributed by atoms with Crippen molar-refractivity contribution in [1.29, 1.82) is 0 Å². The molecule has 0 rings (SSSR count). The van der Waals surface area contributed by atoms with Gasteiger partial charge in [-0.15, -0.1) is 23.2 Å². The molecule has 0 aliphatic carbocycles. The molecule has 0 saturated heterocycles. The van der Waals surface area contributed by atoms with E-state index in [4.69, 9.17) is 34.7 Å². The van der Waals surface area contributed by atoms with Gasteiger partial charge >= 0.3 is 0 Å². The molecule has 2 atom stereocenters. The van der Waals surface area contributed by atoms with Gasteiger partial charge in [0.05, 0.1) is 11.0 Å². The number of hydrogen-bond donors (Lipinski definition) is 2. The second kappa shape index (κ2) is 6.28. The molecule has 0 saturated carbocycles. The van der Waals surface area contributed by atoms with Gasteiger partial charge < -0.3 is 11.5 Å². The minimum Gasteiger partial charge on any atom is -0.315 e. The largest absolute Gasteiger partial charge is 0.315 e. The molecule has 0 radical (unpaired) electrons. The Labute approximate surface area is 72.5 Å². The summed E-state index contributed by atoms with van der Waals surface area (Å²) in [6, 6.07) is 0. The zero-order valence-corrected chi connectivity index (χ0v) is 7.16. The van der Waals surface area contributed by atoms with Crippen LogP contribution in [0.3, 0.4) is 0 Å². The van der Waals surface area contributed by atoms with Crippen LogP contribution in [0.15, 0.2) is 0 Å². The summed E-state index contributed by atoms with van der Waals surface area (Å²) in [7, 11) is 0. The smallest absolute Gasteiger partial charge is 0.0827 e. The fraction of sp³-hybridized carbons (Fsp3) is 1.00. The van der Waals surface area contributed by atoms with Crippen LogP contribution in [-0.2, 0) is 20.4 Å². The first-order valence-electron chi connectivity index (χ1n) is 1.92. The van der Waals surface area contributed by atoms with E-state index in [2.05, 4.69) is 0 Å². The summed E-state index contributed by atoms with van der Waals surface area (Å²) in [4.78, 5) is 0. The molecule has 0 fully saturated rings. The zero-order chi connectivity index (χ0) is 5.86. The van der Waals surface area contributed by atoms with Gasteiger partial charge in [-0.05, 0) is 0 Å². The molecule has 5 heteroatoms. The molecule has 0 spiro atoms. The Kier molecular flexibility index (Phi) is 9.35. The van der Waals surface area contributed by atoms with Crippen molar-refractivity contribution < 1.29 is 20.4 Å². The normalized spacial score (nSPS) is 16.5. The summed E-state index contributed by atoms with van der Waals surface area (Å²) in [6.07, 6.45) is 0.448. The minimum absolute atomic E-state index is 0. The Bertz CT molecular complexity index is 44.5. The topological polar surface area (TPSA) is 52.0 Å². The maximum atomic E-state index is 5.29. The molecule has 0 aliphatic heterocycles. The average Bonchev–Trinajstić information content (AvgIpc) is 1.27. The first-order chi connectivity index (χ1) is 3.13. The maximum Gasteiger partial charge on any atom is 0.0827 e. The van der Waals surface area contributed by atoms with Gasteiger partial charge in [0.1, 0.15) is 0 Å². The molecule has 0 aromatic rings. The molecule has 54 valence electrons. The van der Waals surface area contributed by atoms with Crippen molar-refractivity contribution in [3.63, 3.8) is 0 Å². The van der Waals surface area contributed by atoms with E-state index in [0.29, 0.717) is 6.42 Å². The van der Waals surface area contributed by atoms with Gasteiger partial charge in [-0.3, -0.25) is 0 Å². The summed E-state index contributed by atoms with van der Waals surface area (Å²) < 4.78 is 0. The first kappa shape index (κ1) is 11.9. The molecule has 0 bridgehead atoms. The third-order valence-corrected chi connectivity index (χ3v) is 0.807. The zero-order valence-electron chi connectivity index (χ0n) is 4.09. The van der Waals surface area contributed by atoms with Gasteiger partial charge in [-0.25, -0.2) is 0 Å². The number of nitrogens with two attached hydrogens (primary N) is 2. The predicted octanol–water partition coefficient (Wildman–Crippen LogP) is 0.421. The number of halogens is 2. The molecule has 0 aliphatic rings. The van der Waals surface area contributed by atoms with E-state index in [1.807, 2.05) is 0 Å². The Balaban J connectivity index is 0. The fourth-order valence-electron chi connectivity index (χ4n) is 0.215. The van der Waals surface area contributed by atoms with Crippen LogP contribution < -0.4 is 11.5 Å². The van der Waals surface area contributed by atoms with Gasteiger partial charge in [-0.1, -0.05) is 0 Å². The van der Waals surface area contributed by atoms with Crippen molar-refractivity contribution in [3.8, 4) is 0 Å². The SMILES string of the molecule is NC(Cl)CC(N)Cl.[Pd]. The van der Waals surface area contributed by atoms with Gasteiger partial charge in [-0.2, -0.15) is 0 Å². The molecule has 8 heavy (non-hydrogen) atoms. The standard InChI is InChI=1S/C3H8Cl2N2.Pd/c4-2(6)1-3(5)7;/h2-3H,1,6-7H2;. The Morgan fingerprint density at radius 2 is 1.38 bits per heavy atom. The van der Waals surface area contributed by atoms with Crippen LogP contribution >= 0.6 is 23.2 Å². The molecular weight excluding hydrogens is 241 g/mol. The summed E-state index contributed by atoms with van der Waals surface area (Å²) in [5.41, 5.74) is 9.37. The second-order valence-corrected chi connectivity index (χ2v) is 2.39. The van der Waals surface area contributed by atoms with Crippen molar-refractivity contribution >= 4 is 23.2 Å². The van der Waals surface area contributed by atoms with Crippen molar-refractivity contribution in [2.75, 3.05) is 0 Å². The minimum atomic E-state index is -0.410. The number of hydrogen-bond acceptors (Lipinski definition) is 2. The van der Waals surface area contributed by atoms with Crippen LogP contribution in [0.25, 0.3) is 0 Å². The molecule has 2 unspecified atom stereocenters. The van der Waals surface area contributed by atoms with Crippen LogP contribution in [0.1, 0.15) is 6.42 Å². The van der Waals surface area contributed by atoms with E-state index in [-0.39, 0.29) is 20.4 Å². The van der Waals surface area contributed by atoms with Crippen molar-refractivity contribution in [2.45, 2.75) is 17.4 Å². The Morgan fingerprint density at radius 1 is 1.12 bits per heavy atom. The van der Waals surface area contributed by atoms with E-state index < -0.39 is 11.0 Å². The van der Waals surface area contributed by atoms with Crippen molar-refractivity contribution in [1.82, 2.24) is 0 Å². The molecule has 2 nitrogen and oxygen atoms in total. The molecule has 0 amide bonds. The van der Waals surface area contributed by atoms with Gasteiger partial charge in [0.2, 0.25) is 0 Å². The van der Waals surface area contributed by atoms with E-state index >= 15 is 0 Å². The van der Waals surface area contributed by atoms with Gasteiger partial charge in [0, 0.05) is 26.8 Å². The Morgan fingerprint density at radius 3 is 1.38 bits per heavy atom. The number of alkyl halides is 2. The Hall–Kier alpha value is 1.16. The summed E-state index contributed by atoms with van der Waals surface area (Å²) in [5, 5.41) is 0. The van der Waals surface area contributed by atoms with Crippen LogP contribution in [0.2, 0.25) is 0 Å². The predicted molar refractivity (Wildman–Crippen MR) is 32.3 cm³/mol. The maximum absolute atomic E-state index is 5.29. The third-order valence-electron chi connectivity index (χ3n) is 0.450.